The van der Waals surface area contributed by atoms with E-state index in [9.17, 15) is 14.4 Å². The SMILES string of the molecule is C=CC(=O)OCC(CC)(COC(=O)C=C)C(=O)O. The predicted molar refractivity (Wildman–Crippen MR) is 62.7 cm³/mol. The van der Waals surface area contributed by atoms with Gasteiger partial charge in [0.2, 0.25) is 0 Å². The first-order valence-corrected chi connectivity index (χ1v) is 5.23. The van der Waals surface area contributed by atoms with Crippen molar-refractivity contribution in [3.05, 3.63) is 25.3 Å². The van der Waals surface area contributed by atoms with Crippen LogP contribution in [0.4, 0.5) is 0 Å². The van der Waals surface area contributed by atoms with Gasteiger partial charge in [0.1, 0.15) is 18.6 Å². The minimum absolute atomic E-state index is 0.136. The Morgan fingerprint density at radius 3 is 1.72 bits per heavy atom. The van der Waals surface area contributed by atoms with Crippen LogP contribution in [-0.4, -0.2) is 36.2 Å². The zero-order chi connectivity index (χ0) is 14.2. The van der Waals surface area contributed by atoms with Gasteiger partial charge >= 0.3 is 17.9 Å². The molecule has 0 aromatic rings. The van der Waals surface area contributed by atoms with E-state index in [0.29, 0.717) is 0 Å². The largest absolute Gasteiger partial charge is 0.481 e. The first-order valence-electron chi connectivity index (χ1n) is 5.23. The number of carboxylic acid groups (broad SMARTS) is 1. The Labute approximate surface area is 105 Å². The first kappa shape index (κ1) is 15.9. The molecule has 0 fully saturated rings. The van der Waals surface area contributed by atoms with Crippen LogP contribution in [0.5, 0.6) is 0 Å². The molecule has 0 radical (unpaired) electrons. The third-order valence-corrected chi connectivity index (χ3v) is 2.45. The first-order chi connectivity index (χ1) is 8.41. The highest BCUT2D eigenvalue weighted by Crippen LogP contribution is 2.24. The van der Waals surface area contributed by atoms with Gasteiger partial charge in [0, 0.05) is 12.2 Å². The molecule has 100 valence electrons. The zero-order valence-corrected chi connectivity index (χ0v) is 10.2. The Morgan fingerprint density at radius 2 is 1.50 bits per heavy atom. The predicted octanol–water partition coefficient (Wildman–Crippen LogP) is 0.926. The van der Waals surface area contributed by atoms with Crippen LogP contribution in [0.2, 0.25) is 0 Å². The molecule has 6 heteroatoms. The van der Waals surface area contributed by atoms with Crippen LogP contribution in [0.1, 0.15) is 13.3 Å². The van der Waals surface area contributed by atoms with Crippen molar-refractivity contribution in [1.29, 1.82) is 0 Å². The molecule has 0 aliphatic carbocycles. The average Bonchev–Trinajstić information content (AvgIpc) is 2.38. The van der Waals surface area contributed by atoms with Crippen molar-refractivity contribution in [2.24, 2.45) is 5.41 Å². The second-order valence-electron chi connectivity index (χ2n) is 3.56. The summed E-state index contributed by atoms with van der Waals surface area (Å²) in [5.41, 5.74) is -1.46. The number of carbonyl (C=O) groups excluding carboxylic acids is 2. The number of hydrogen-bond acceptors (Lipinski definition) is 5. The van der Waals surface area contributed by atoms with Gasteiger partial charge in [0.05, 0.1) is 0 Å². The molecule has 0 spiro atoms. The molecule has 6 nitrogen and oxygen atoms in total. The Kier molecular flexibility index (Phi) is 6.41. The van der Waals surface area contributed by atoms with Crippen LogP contribution in [0.3, 0.4) is 0 Å². The van der Waals surface area contributed by atoms with Crippen LogP contribution < -0.4 is 0 Å². The lowest BCUT2D eigenvalue weighted by molar-refractivity contribution is -0.164. The van der Waals surface area contributed by atoms with Gasteiger partial charge in [0.15, 0.2) is 0 Å². The van der Waals surface area contributed by atoms with Crippen LogP contribution in [0.25, 0.3) is 0 Å². The Hall–Kier alpha value is -2.11. The van der Waals surface area contributed by atoms with E-state index in [4.69, 9.17) is 14.6 Å². The molecular weight excluding hydrogens is 240 g/mol. The number of rotatable bonds is 8. The maximum Gasteiger partial charge on any atom is 0.330 e. The molecule has 0 amide bonds. The molecular formula is C12H16O6. The highest BCUT2D eigenvalue weighted by atomic mass is 16.5. The molecule has 0 aliphatic rings. The summed E-state index contributed by atoms with van der Waals surface area (Å²) >= 11 is 0. The molecule has 0 aromatic carbocycles. The third kappa shape index (κ3) is 4.40. The molecule has 0 heterocycles. The molecule has 0 unspecified atom stereocenters. The Balaban J connectivity index is 4.75. The van der Waals surface area contributed by atoms with Crippen LogP contribution in [0, 0.1) is 5.41 Å². The number of esters is 2. The van der Waals surface area contributed by atoms with E-state index in [0.717, 1.165) is 12.2 Å². The number of carbonyl (C=O) groups is 3. The van der Waals surface area contributed by atoms with Crippen molar-refractivity contribution in [2.75, 3.05) is 13.2 Å². The van der Waals surface area contributed by atoms with Gasteiger partial charge < -0.3 is 14.6 Å². The van der Waals surface area contributed by atoms with Crippen molar-refractivity contribution in [2.45, 2.75) is 13.3 Å². The standard InChI is InChI=1S/C12H16O6/c1-4-9(13)17-7-12(6-3,11(15)16)8-18-10(14)5-2/h4-5H,1-2,6-8H2,3H3,(H,15,16). The van der Waals surface area contributed by atoms with Gasteiger partial charge in [-0.15, -0.1) is 0 Å². The Morgan fingerprint density at radius 1 is 1.11 bits per heavy atom. The second-order valence-corrected chi connectivity index (χ2v) is 3.56. The van der Waals surface area contributed by atoms with E-state index in [1.165, 1.54) is 0 Å². The van der Waals surface area contributed by atoms with Gasteiger partial charge in [-0.3, -0.25) is 4.79 Å². The van der Waals surface area contributed by atoms with Gasteiger partial charge in [-0.05, 0) is 6.42 Å². The monoisotopic (exact) mass is 256 g/mol. The summed E-state index contributed by atoms with van der Waals surface area (Å²) < 4.78 is 9.44. The van der Waals surface area contributed by atoms with E-state index in [2.05, 4.69) is 13.2 Å². The molecule has 0 aromatic heterocycles. The normalized spacial score (nSPS) is 10.3. The maximum absolute atomic E-state index is 11.2. The molecule has 0 saturated heterocycles. The summed E-state index contributed by atoms with van der Waals surface area (Å²) in [6.45, 7) is 7.20. The summed E-state index contributed by atoms with van der Waals surface area (Å²) in [4.78, 5) is 33.1. The molecule has 0 atom stereocenters. The fourth-order valence-corrected chi connectivity index (χ4v) is 1.06. The van der Waals surface area contributed by atoms with Crippen LogP contribution in [-0.2, 0) is 23.9 Å². The minimum Gasteiger partial charge on any atom is -0.481 e. The van der Waals surface area contributed by atoms with Gasteiger partial charge in [-0.25, -0.2) is 9.59 Å². The quantitative estimate of drug-likeness (QED) is 0.513. The second kappa shape index (κ2) is 7.26. The summed E-state index contributed by atoms with van der Waals surface area (Å²) in [6.07, 6.45) is 1.99. The lowest BCUT2D eigenvalue weighted by Crippen LogP contribution is -2.41. The summed E-state index contributed by atoms with van der Waals surface area (Å²) in [7, 11) is 0. The minimum atomic E-state index is -1.46. The molecule has 1 N–H and O–H groups in total. The van der Waals surface area contributed by atoms with Crippen molar-refractivity contribution in [3.8, 4) is 0 Å². The average molecular weight is 256 g/mol. The van der Waals surface area contributed by atoms with Crippen molar-refractivity contribution in [3.63, 3.8) is 0 Å². The van der Waals surface area contributed by atoms with Crippen LogP contribution in [0.15, 0.2) is 25.3 Å². The summed E-state index contributed by atoms with van der Waals surface area (Å²) in [5, 5.41) is 9.16. The lowest BCUT2D eigenvalue weighted by atomic mass is 9.87. The molecule has 0 saturated carbocycles. The molecule has 0 aliphatic heterocycles. The molecule has 18 heavy (non-hydrogen) atoms. The fourth-order valence-electron chi connectivity index (χ4n) is 1.06. The van der Waals surface area contributed by atoms with Gasteiger partial charge in [-0.1, -0.05) is 20.1 Å². The molecule has 0 bridgehead atoms. The van der Waals surface area contributed by atoms with Crippen molar-refractivity contribution < 1.29 is 29.0 Å². The summed E-state index contributed by atoms with van der Waals surface area (Å²) in [5.74, 6) is -2.67. The number of ether oxygens (including phenoxy) is 2. The Bertz CT molecular complexity index is 334. The smallest absolute Gasteiger partial charge is 0.330 e. The molecule has 0 rings (SSSR count). The fraction of sp³-hybridized carbons (Fsp3) is 0.417. The number of hydrogen-bond donors (Lipinski definition) is 1. The lowest BCUT2D eigenvalue weighted by Gasteiger charge is -2.26. The zero-order valence-electron chi connectivity index (χ0n) is 10.2. The number of aliphatic carboxylic acids is 1. The van der Waals surface area contributed by atoms with E-state index in [1.54, 1.807) is 6.92 Å². The van der Waals surface area contributed by atoms with E-state index in [-0.39, 0.29) is 6.42 Å². The van der Waals surface area contributed by atoms with E-state index >= 15 is 0 Å². The van der Waals surface area contributed by atoms with E-state index < -0.39 is 36.5 Å². The van der Waals surface area contributed by atoms with Crippen molar-refractivity contribution in [1.82, 2.24) is 0 Å². The highest BCUT2D eigenvalue weighted by Gasteiger charge is 2.40. The summed E-state index contributed by atoms with van der Waals surface area (Å²) in [6, 6.07) is 0. The topological polar surface area (TPSA) is 89.9 Å². The van der Waals surface area contributed by atoms with Gasteiger partial charge in [-0.2, -0.15) is 0 Å². The maximum atomic E-state index is 11.2. The van der Waals surface area contributed by atoms with Crippen molar-refractivity contribution >= 4 is 17.9 Å². The van der Waals surface area contributed by atoms with Crippen LogP contribution >= 0.6 is 0 Å². The highest BCUT2D eigenvalue weighted by molar-refractivity contribution is 5.83. The van der Waals surface area contributed by atoms with Gasteiger partial charge in [0.25, 0.3) is 0 Å². The number of carboxylic acids is 1. The van der Waals surface area contributed by atoms with E-state index in [1.807, 2.05) is 0 Å². The third-order valence-electron chi connectivity index (χ3n) is 2.45.